The number of benzene rings is 1. The number of aromatic amines is 1. The minimum absolute atomic E-state index is 0.196. The maximum absolute atomic E-state index is 12.4. The molecule has 0 amide bonds. The number of fused-ring (bicyclic) bond motifs is 1. The topological polar surface area (TPSA) is 113 Å². The van der Waals surface area contributed by atoms with Gasteiger partial charge in [-0.15, -0.1) is 0 Å². The number of aryl methyl sites for hydroxylation is 1. The van der Waals surface area contributed by atoms with Gasteiger partial charge in [-0.05, 0) is 48.2 Å². The molecule has 8 heteroatoms. The van der Waals surface area contributed by atoms with Crippen LogP contribution in [-0.2, 0) is 0 Å². The van der Waals surface area contributed by atoms with Crippen LogP contribution >= 0.6 is 0 Å². The monoisotopic (exact) mass is 375 g/mol. The molecule has 0 saturated heterocycles. The zero-order valence-corrected chi connectivity index (χ0v) is 15.2. The lowest BCUT2D eigenvalue weighted by atomic mass is 10.1. The van der Waals surface area contributed by atoms with E-state index in [0.717, 1.165) is 0 Å². The van der Waals surface area contributed by atoms with E-state index >= 15 is 0 Å². The average Bonchev–Trinajstić information content (AvgIpc) is 2.70. The molecule has 0 saturated carbocycles. The van der Waals surface area contributed by atoms with E-state index in [2.05, 4.69) is 25.3 Å². The summed E-state index contributed by atoms with van der Waals surface area (Å²) in [5.74, 6) is 0.944. The summed E-state index contributed by atoms with van der Waals surface area (Å²) in [6, 6.07) is 8.65. The van der Waals surface area contributed by atoms with Crippen molar-refractivity contribution in [1.82, 2.24) is 19.9 Å². The van der Waals surface area contributed by atoms with Crippen LogP contribution in [0.5, 0.6) is 11.6 Å². The van der Waals surface area contributed by atoms with Gasteiger partial charge in [-0.3, -0.25) is 9.78 Å². The summed E-state index contributed by atoms with van der Waals surface area (Å²) in [7, 11) is 1.52. The first-order valence-electron chi connectivity index (χ1n) is 8.50. The predicted octanol–water partition coefficient (Wildman–Crippen LogP) is 3.15. The minimum Gasteiger partial charge on any atom is -0.508 e. The molecule has 0 atom stereocenters. The molecule has 3 heterocycles. The molecular weight excluding hydrogens is 358 g/mol. The minimum atomic E-state index is -0.258. The van der Waals surface area contributed by atoms with Crippen LogP contribution in [0.3, 0.4) is 0 Å². The summed E-state index contributed by atoms with van der Waals surface area (Å²) in [5, 5.41) is 14.0. The van der Waals surface area contributed by atoms with Gasteiger partial charge in [0.15, 0.2) is 0 Å². The van der Waals surface area contributed by atoms with E-state index < -0.39 is 0 Å². The van der Waals surface area contributed by atoms with Gasteiger partial charge in [-0.1, -0.05) is 0 Å². The van der Waals surface area contributed by atoms with Crippen molar-refractivity contribution in [2.45, 2.75) is 6.92 Å². The highest BCUT2D eigenvalue weighted by Crippen LogP contribution is 2.28. The Morgan fingerprint density at radius 1 is 1.11 bits per heavy atom. The smallest absolute Gasteiger partial charge is 0.259 e. The molecule has 28 heavy (non-hydrogen) atoms. The number of aromatic nitrogens is 4. The first kappa shape index (κ1) is 17.5. The van der Waals surface area contributed by atoms with Crippen LogP contribution in [-0.4, -0.2) is 32.2 Å². The van der Waals surface area contributed by atoms with E-state index in [0.29, 0.717) is 45.1 Å². The number of methoxy groups -OCH3 is 1. The van der Waals surface area contributed by atoms with Crippen molar-refractivity contribution in [3.63, 3.8) is 0 Å². The van der Waals surface area contributed by atoms with Crippen LogP contribution in [0.1, 0.15) is 5.56 Å². The highest BCUT2D eigenvalue weighted by Gasteiger charge is 2.13. The van der Waals surface area contributed by atoms with Crippen LogP contribution in [0.2, 0.25) is 0 Å². The molecule has 0 bridgehead atoms. The molecule has 0 aliphatic heterocycles. The Bertz CT molecular complexity index is 1240. The van der Waals surface area contributed by atoms with E-state index in [9.17, 15) is 9.90 Å². The van der Waals surface area contributed by atoms with Gasteiger partial charge < -0.3 is 20.1 Å². The van der Waals surface area contributed by atoms with Crippen molar-refractivity contribution >= 4 is 22.3 Å². The van der Waals surface area contributed by atoms with Crippen LogP contribution in [0.4, 0.5) is 11.5 Å². The number of H-pyrrole nitrogens is 1. The normalized spacial score (nSPS) is 10.8. The van der Waals surface area contributed by atoms with Crippen molar-refractivity contribution < 1.29 is 9.84 Å². The van der Waals surface area contributed by atoms with Crippen molar-refractivity contribution in [3.8, 4) is 23.0 Å². The number of phenols is 1. The highest BCUT2D eigenvalue weighted by atomic mass is 16.5. The molecular formula is C20H17N5O3. The molecule has 4 aromatic rings. The maximum Gasteiger partial charge on any atom is 0.259 e. The maximum atomic E-state index is 12.4. The molecule has 0 aliphatic carbocycles. The largest absolute Gasteiger partial charge is 0.508 e. The third-order valence-electron chi connectivity index (χ3n) is 4.30. The van der Waals surface area contributed by atoms with E-state index in [1.54, 1.807) is 49.6 Å². The number of rotatable bonds is 4. The Labute approximate surface area is 159 Å². The lowest BCUT2D eigenvalue weighted by Crippen LogP contribution is -2.09. The van der Waals surface area contributed by atoms with Crippen molar-refractivity contribution in [3.05, 3.63) is 64.8 Å². The highest BCUT2D eigenvalue weighted by molar-refractivity contribution is 5.94. The Morgan fingerprint density at radius 3 is 2.75 bits per heavy atom. The number of anilines is 2. The molecule has 0 aliphatic rings. The fourth-order valence-corrected chi connectivity index (χ4v) is 2.88. The second-order valence-electron chi connectivity index (χ2n) is 6.20. The van der Waals surface area contributed by atoms with Gasteiger partial charge in [0.25, 0.3) is 5.56 Å². The summed E-state index contributed by atoms with van der Waals surface area (Å²) < 4.78 is 5.14. The summed E-state index contributed by atoms with van der Waals surface area (Å²) in [5.41, 5.74) is 2.21. The molecule has 0 spiro atoms. The third kappa shape index (κ3) is 3.23. The fraction of sp³-hybridized carbons (Fsp3) is 0.100. The van der Waals surface area contributed by atoms with E-state index in [4.69, 9.17) is 4.74 Å². The van der Waals surface area contributed by atoms with Gasteiger partial charge in [0.2, 0.25) is 5.88 Å². The van der Waals surface area contributed by atoms with E-state index in [1.165, 1.54) is 13.3 Å². The number of phenolic OH excluding ortho intramolecular Hbond substituents is 1. The quantitative estimate of drug-likeness (QED) is 0.470. The molecule has 0 unspecified atom stereocenters. The lowest BCUT2D eigenvalue weighted by Gasteiger charge is -2.12. The zero-order chi connectivity index (χ0) is 19.7. The first-order chi connectivity index (χ1) is 13.5. The van der Waals surface area contributed by atoms with Crippen molar-refractivity contribution in [1.29, 1.82) is 0 Å². The molecule has 1 aromatic carbocycles. The SMILES string of the molecule is COc1cncc(-c2cc3cc[nH]c(=O)c3c(Nc3ccc(O)c(C)c3)n2)n1. The van der Waals surface area contributed by atoms with Gasteiger partial charge in [-0.25, -0.2) is 9.97 Å². The van der Waals surface area contributed by atoms with Crippen LogP contribution in [0.25, 0.3) is 22.2 Å². The fourth-order valence-electron chi connectivity index (χ4n) is 2.88. The number of pyridine rings is 2. The van der Waals surface area contributed by atoms with Gasteiger partial charge >= 0.3 is 0 Å². The molecule has 4 rings (SSSR count). The van der Waals surface area contributed by atoms with E-state index in [-0.39, 0.29) is 11.3 Å². The predicted molar refractivity (Wildman–Crippen MR) is 106 cm³/mol. The number of nitrogens with zero attached hydrogens (tertiary/aromatic N) is 3. The second kappa shape index (κ2) is 6.99. The van der Waals surface area contributed by atoms with Gasteiger partial charge in [0.1, 0.15) is 17.3 Å². The Balaban J connectivity index is 1.89. The lowest BCUT2D eigenvalue weighted by molar-refractivity contribution is 0.396. The molecule has 0 radical (unpaired) electrons. The van der Waals surface area contributed by atoms with Gasteiger partial charge in [0, 0.05) is 11.9 Å². The number of ether oxygens (including phenoxy) is 1. The summed E-state index contributed by atoms with van der Waals surface area (Å²) in [6.45, 7) is 1.79. The average molecular weight is 375 g/mol. The number of nitrogens with one attached hydrogen (secondary N) is 2. The van der Waals surface area contributed by atoms with E-state index in [1.807, 2.05) is 0 Å². The zero-order valence-electron chi connectivity index (χ0n) is 15.2. The molecule has 140 valence electrons. The summed E-state index contributed by atoms with van der Waals surface area (Å²) in [6.07, 6.45) is 4.67. The Hall–Kier alpha value is -3.94. The number of hydrogen-bond acceptors (Lipinski definition) is 7. The van der Waals surface area contributed by atoms with Gasteiger partial charge in [0.05, 0.1) is 30.6 Å². The van der Waals surface area contributed by atoms with Crippen molar-refractivity contribution in [2.24, 2.45) is 0 Å². The summed E-state index contributed by atoms with van der Waals surface area (Å²) >= 11 is 0. The third-order valence-corrected chi connectivity index (χ3v) is 4.30. The Morgan fingerprint density at radius 2 is 1.96 bits per heavy atom. The second-order valence-corrected chi connectivity index (χ2v) is 6.20. The first-order valence-corrected chi connectivity index (χ1v) is 8.50. The molecule has 8 nitrogen and oxygen atoms in total. The van der Waals surface area contributed by atoms with Crippen molar-refractivity contribution in [2.75, 3.05) is 12.4 Å². The van der Waals surface area contributed by atoms with Gasteiger partial charge in [-0.2, -0.15) is 0 Å². The number of aromatic hydroxyl groups is 1. The molecule has 3 N–H and O–H groups in total. The summed E-state index contributed by atoms with van der Waals surface area (Å²) in [4.78, 5) is 28.2. The molecule has 3 aromatic heterocycles. The van der Waals surface area contributed by atoms with Crippen LogP contribution in [0.15, 0.2) is 53.7 Å². The number of hydrogen-bond donors (Lipinski definition) is 3. The standard InChI is InChI=1S/C20H17N5O3/c1-11-7-13(3-4-16(11)26)23-19-18-12(5-6-22-20(18)27)8-14(25-19)15-9-21-10-17(24-15)28-2/h3-10,26H,1-2H3,(H,22,27)(H,23,25). The van der Waals surface area contributed by atoms with Crippen LogP contribution < -0.4 is 15.6 Å². The molecule has 0 fully saturated rings. The Kier molecular flexibility index (Phi) is 4.36. The van der Waals surface area contributed by atoms with Crippen LogP contribution in [0, 0.1) is 6.92 Å².